The van der Waals surface area contributed by atoms with Gasteiger partial charge in [0.2, 0.25) is 0 Å². The van der Waals surface area contributed by atoms with Crippen molar-refractivity contribution >= 4 is 23.1 Å². The molecule has 0 atom stereocenters. The molecule has 0 aliphatic carbocycles. The van der Waals surface area contributed by atoms with E-state index >= 15 is 0 Å². The maximum Gasteiger partial charge on any atom is 0.131 e. The highest BCUT2D eigenvalue weighted by atomic mass is 35.5. The average molecular weight is 339 g/mol. The van der Waals surface area contributed by atoms with Gasteiger partial charge in [0.1, 0.15) is 22.5 Å². The zero-order chi connectivity index (χ0) is 17.1. The molecular weight excluding hydrogens is 324 g/mol. The molecule has 0 saturated heterocycles. The van der Waals surface area contributed by atoms with E-state index < -0.39 is 0 Å². The van der Waals surface area contributed by atoms with E-state index in [0.29, 0.717) is 22.7 Å². The minimum atomic E-state index is -0.156. The van der Waals surface area contributed by atoms with Crippen molar-refractivity contribution in [1.82, 2.24) is 4.98 Å². The van der Waals surface area contributed by atoms with Gasteiger partial charge >= 0.3 is 0 Å². The van der Waals surface area contributed by atoms with Crippen LogP contribution in [0, 0.1) is 5.41 Å². The van der Waals surface area contributed by atoms with Gasteiger partial charge in [0, 0.05) is 11.3 Å². The number of pyridine rings is 1. The first-order valence-electron chi connectivity index (χ1n) is 7.18. The first-order valence-corrected chi connectivity index (χ1v) is 7.56. The Balaban J connectivity index is 1.95. The Kier molecular flexibility index (Phi) is 4.35. The quantitative estimate of drug-likeness (QED) is 0.379. The van der Waals surface area contributed by atoms with Crippen molar-refractivity contribution in [3.63, 3.8) is 0 Å². The van der Waals surface area contributed by atoms with Gasteiger partial charge in [-0.2, -0.15) is 0 Å². The molecule has 0 spiro atoms. The zero-order valence-electron chi connectivity index (χ0n) is 12.7. The number of rotatable bonds is 4. The number of anilines is 1. The van der Waals surface area contributed by atoms with Crippen molar-refractivity contribution in [2.24, 2.45) is 5.73 Å². The van der Waals surface area contributed by atoms with Gasteiger partial charge in [0.15, 0.2) is 0 Å². The Morgan fingerprint density at radius 3 is 2.25 bits per heavy atom. The molecule has 5 N–H and O–H groups in total. The predicted molar refractivity (Wildman–Crippen MR) is 96.6 cm³/mol. The van der Waals surface area contributed by atoms with E-state index in [1.54, 1.807) is 0 Å². The summed E-state index contributed by atoms with van der Waals surface area (Å²) in [4.78, 5) is 4.26. The SMILES string of the molecule is N=C(N)c1c(N)cc(Cl)nc1-c1ccc(Oc2ccccc2)cc1. The van der Waals surface area contributed by atoms with Gasteiger partial charge in [-0.05, 0) is 42.5 Å². The largest absolute Gasteiger partial charge is 0.457 e. The van der Waals surface area contributed by atoms with E-state index in [2.05, 4.69) is 4.98 Å². The van der Waals surface area contributed by atoms with Crippen LogP contribution in [0.15, 0.2) is 60.7 Å². The van der Waals surface area contributed by atoms with Gasteiger partial charge in [-0.15, -0.1) is 0 Å². The molecular formula is C18H15ClN4O. The van der Waals surface area contributed by atoms with Gasteiger partial charge in [0.25, 0.3) is 0 Å². The van der Waals surface area contributed by atoms with E-state index in [1.807, 2.05) is 54.6 Å². The van der Waals surface area contributed by atoms with Gasteiger partial charge in [-0.1, -0.05) is 29.8 Å². The highest BCUT2D eigenvalue weighted by Crippen LogP contribution is 2.30. The summed E-state index contributed by atoms with van der Waals surface area (Å²) in [5, 5.41) is 7.96. The molecule has 3 rings (SSSR count). The van der Waals surface area contributed by atoms with Crippen molar-refractivity contribution < 1.29 is 4.74 Å². The summed E-state index contributed by atoms with van der Waals surface area (Å²) < 4.78 is 5.76. The van der Waals surface area contributed by atoms with Gasteiger partial charge in [0.05, 0.1) is 11.3 Å². The summed E-state index contributed by atoms with van der Waals surface area (Å²) in [7, 11) is 0. The number of aromatic nitrogens is 1. The number of halogens is 1. The second kappa shape index (κ2) is 6.60. The number of nitrogen functional groups attached to an aromatic ring is 2. The maximum atomic E-state index is 7.72. The van der Waals surface area contributed by atoms with Crippen LogP contribution in [0.5, 0.6) is 11.5 Å². The maximum absolute atomic E-state index is 7.72. The van der Waals surface area contributed by atoms with Gasteiger partial charge < -0.3 is 16.2 Å². The fraction of sp³-hybridized carbons (Fsp3) is 0. The van der Waals surface area contributed by atoms with Crippen molar-refractivity contribution in [3.8, 4) is 22.8 Å². The van der Waals surface area contributed by atoms with E-state index in [4.69, 9.17) is 33.2 Å². The molecule has 0 unspecified atom stereocenters. The van der Waals surface area contributed by atoms with Crippen LogP contribution >= 0.6 is 11.6 Å². The number of hydrogen-bond donors (Lipinski definition) is 3. The van der Waals surface area contributed by atoms with Crippen LogP contribution in [0.2, 0.25) is 5.15 Å². The van der Waals surface area contributed by atoms with Crippen LogP contribution in [0.25, 0.3) is 11.3 Å². The highest BCUT2D eigenvalue weighted by molar-refractivity contribution is 6.30. The first kappa shape index (κ1) is 15.8. The van der Waals surface area contributed by atoms with Crippen molar-refractivity contribution in [1.29, 1.82) is 5.41 Å². The normalized spacial score (nSPS) is 10.4. The van der Waals surface area contributed by atoms with Crippen LogP contribution < -0.4 is 16.2 Å². The fourth-order valence-corrected chi connectivity index (χ4v) is 2.53. The molecule has 0 aliphatic heterocycles. The first-order chi connectivity index (χ1) is 11.5. The van der Waals surface area contributed by atoms with Crippen molar-refractivity contribution in [2.45, 2.75) is 0 Å². The second-order valence-electron chi connectivity index (χ2n) is 5.11. The summed E-state index contributed by atoms with van der Waals surface area (Å²) >= 11 is 5.99. The fourth-order valence-electron chi connectivity index (χ4n) is 2.33. The molecule has 0 fully saturated rings. The molecule has 3 aromatic rings. The lowest BCUT2D eigenvalue weighted by Gasteiger charge is -2.12. The summed E-state index contributed by atoms with van der Waals surface area (Å²) in [6, 6.07) is 18.2. The lowest BCUT2D eigenvalue weighted by atomic mass is 10.0. The van der Waals surface area contributed by atoms with Gasteiger partial charge in [-0.25, -0.2) is 4.98 Å². The lowest BCUT2D eigenvalue weighted by molar-refractivity contribution is 0.483. The number of nitrogens with one attached hydrogen (secondary N) is 1. The Labute approximate surface area is 144 Å². The Bertz CT molecular complexity index is 880. The minimum Gasteiger partial charge on any atom is -0.457 e. The Morgan fingerprint density at radius 1 is 1.00 bits per heavy atom. The number of ether oxygens (including phenoxy) is 1. The minimum absolute atomic E-state index is 0.156. The molecule has 0 radical (unpaired) electrons. The molecule has 24 heavy (non-hydrogen) atoms. The molecule has 0 saturated carbocycles. The van der Waals surface area contributed by atoms with Crippen LogP contribution in [0.1, 0.15) is 5.56 Å². The van der Waals surface area contributed by atoms with Gasteiger partial charge in [-0.3, -0.25) is 5.41 Å². The summed E-state index contributed by atoms with van der Waals surface area (Å²) in [6.45, 7) is 0. The average Bonchev–Trinajstić information content (AvgIpc) is 2.55. The van der Waals surface area contributed by atoms with Crippen LogP contribution in [-0.4, -0.2) is 10.8 Å². The molecule has 120 valence electrons. The molecule has 0 aliphatic rings. The van der Waals surface area contributed by atoms with Crippen molar-refractivity contribution in [2.75, 3.05) is 5.73 Å². The number of amidine groups is 1. The summed E-state index contributed by atoms with van der Waals surface area (Å²) in [5.74, 6) is 1.28. The lowest BCUT2D eigenvalue weighted by Crippen LogP contribution is -2.16. The second-order valence-corrected chi connectivity index (χ2v) is 5.50. The number of nitrogens with two attached hydrogens (primary N) is 2. The summed E-state index contributed by atoms with van der Waals surface area (Å²) in [5.41, 5.74) is 13.5. The molecule has 6 heteroatoms. The van der Waals surface area contributed by atoms with Crippen LogP contribution in [0.4, 0.5) is 5.69 Å². The molecule has 0 amide bonds. The molecule has 1 aromatic heterocycles. The number of para-hydroxylation sites is 1. The van der Waals surface area contributed by atoms with Crippen LogP contribution in [-0.2, 0) is 0 Å². The highest BCUT2D eigenvalue weighted by Gasteiger charge is 2.15. The zero-order valence-corrected chi connectivity index (χ0v) is 13.4. The smallest absolute Gasteiger partial charge is 0.131 e. The van der Waals surface area contributed by atoms with E-state index in [0.717, 1.165) is 11.3 Å². The topological polar surface area (TPSA) is 98.0 Å². The third kappa shape index (κ3) is 3.31. The van der Waals surface area contributed by atoms with Crippen LogP contribution in [0.3, 0.4) is 0 Å². The third-order valence-corrected chi connectivity index (χ3v) is 3.59. The van der Waals surface area contributed by atoms with E-state index in [1.165, 1.54) is 6.07 Å². The molecule has 5 nitrogen and oxygen atoms in total. The Morgan fingerprint density at radius 2 is 1.62 bits per heavy atom. The Hall–Kier alpha value is -3.05. The monoisotopic (exact) mass is 338 g/mol. The molecule has 0 bridgehead atoms. The third-order valence-electron chi connectivity index (χ3n) is 3.39. The number of hydrogen-bond acceptors (Lipinski definition) is 4. The molecule has 2 aromatic carbocycles. The number of benzene rings is 2. The predicted octanol–water partition coefficient (Wildman–Crippen LogP) is 4.06. The number of nitrogens with zero attached hydrogens (tertiary/aromatic N) is 1. The molecule has 1 heterocycles. The standard InChI is InChI=1S/C18H15ClN4O/c19-15-10-14(20)16(18(21)22)17(23-15)11-6-8-13(9-7-11)24-12-4-2-1-3-5-12/h1-10H,(H2,20,23)(H3,21,22). The van der Waals surface area contributed by atoms with Crippen molar-refractivity contribution in [3.05, 3.63) is 71.4 Å². The van der Waals surface area contributed by atoms with E-state index in [9.17, 15) is 0 Å². The van der Waals surface area contributed by atoms with E-state index in [-0.39, 0.29) is 11.0 Å². The summed E-state index contributed by atoms with van der Waals surface area (Å²) in [6.07, 6.45) is 0.